The second-order valence-corrected chi connectivity index (χ2v) is 4.28. The van der Waals surface area contributed by atoms with Crippen molar-refractivity contribution in [2.75, 3.05) is 6.61 Å². The van der Waals surface area contributed by atoms with Crippen molar-refractivity contribution in [3.63, 3.8) is 0 Å². The van der Waals surface area contributed by atoms with E-state index in [0.29, 0.717) is 13.0 Å². The van der Waals surface area contributed by atoms with E-state index < -0.39 is 0 Å². The Morgan fingerprint density at radius 1 is 1.29 bits per heavy atom. The second-order valence-electron chi connectivity index (χ2n) is 4.28. The van der Waals surface area contributed by atoms with Crippen molar-refractivity contribution < 1.29 is 9.53 Å². The third kappa shape index (κ3) is 4.59. The van der Waals surface area contributed by atoms with E-state index in [4.69, 9.17) is 4.74 Å². The first-order valence-corrected chi connectivity index (χ1v) is 6.41. The lowest BCUT2D eigenvalue weighted by molar-refractivity contribution is -0.117. The van der Waals surface area contributed by atoms with Gasteiger partial charge in [0.05, 0.1) is 6.61 Å². The maximum atomic E-state index is 10.9. The minimum absolute atomic E-state index is 0.259. The molecule has 0 radical (unpaired) electrons. The van der Waals surface area contributed by atoms with Crippen LogP contribution in [0.1, 0.15) is 44.7 Å². The minimum atomic E-state index is 0.259. The molecular weight excluding hydrogens is 212 g/mol. The van der Waals surface area contributed by atoms with Gasteiger partial charge in [0.1, 0.15) is 11.5 Å². The van der Waals surface area contributed by atoms with E-state index >= 15 is 0 Å². The molecular formula is C15H22O2. The molecule has 94 valence electrons. The Labute approximate surface area is 104 Å². The van der Waals surface area contributed by atoms with Crippen molar-refractivity contribution in [1.29, 1.82) is 0 Å². The van der Waals surface area contributed by atoms with Crippen molar-refractivity contribution >= 4 is 5.78 Å². The van der Waals surface area contributed by atoms with Gasteiger partial charge in [-0.05, 0) is 50.3 Å². The molecule has 1 aromatic carbocycles. The van der Waals surface area contributed by atoms with Gasteiger partial charge >= 0.3 is 0 Å². The van der Waals surface area contributed by atoms with Gasteiger partial charge in [-0.15, -0.1) is 0 Å². The number of hydrogen-bond donors (Lipinski definition) is 0. The van der Waals surface area contributed by atoms with Gasteiger partial charge in [-0.2, -0.15) is 0 Å². The van der Waals surface area contributed by atoms with Gasteiger partial charge in [0.15, 0.2) is 0 Å². The average Bonchev–Trinajstić information content (AvgIpc) is 2.31. The van der Waals surface area contributed by atoms with Crippen LogP contribution in [0.4, 0.5) is 0 Å². The fraction of sp³-hybridized carbons (Fsp3) is 0.533. The maximum Gasteiger partial charge on any atom is 0.129 e. The van der Waals surface area contributed by atoms with Gasteiger partial charge in [-0.25, -0.2) is 0 Å². The fourth-order valence-corrected chi connectivity index (χ4v) is 1.87. The van der Waals surface area contributed by atoms with Crippen molar-refractivity contribution in [2.45, 2.75) is 46.5 Å². The van der Waals surface area contributed by atoms with Crippen LogP contribution in [0.2, 0.25) is 0 Å². The van der Waals surface area contributed by atoms with Gasteiger partial charge in [0.25, 0.3) is 0 Å². The standard InChI is InChI=1S/C15H22O2/c1-4-13-9-10-15(17-5-2)14(11-13)8-6-7-12(3)16/h9-11H,4-8H2,1-3H3. The lowest BCUT2D eigenvalue weighted by atomic mass is 10.0. The molecule has 0 aliphatic rings. The molecule has 0 aromatic heterocycles. The zero-order valence-corrected chi connectivity index (χ0v) is 11.1. The van der Waals surface area contributed by atoms with E-state index in [-0.39, 0.29) is 5.78 Å². The van der Waals surface area contributed by atoms with Crippen LogP contribution in [0.15, 0.2) is 18.2 Å². The topological polar surface area (TPSA) is 26.3 Å². The predicted molar refractivity (Wildman–Crippen MR) is 70.6 cm³/mol. The number of benzene rings is 1. The Kier molecular flexibility index (Phi) is 5.75. The highest BCUT2D eigenvalue weighted by molar-refractivity contribution is 5.75. The van der Waals surface area contributed by atoms with Crippen LogP contribution in [0, 0.1) is 0 Å². The van der Waals surface area contributed by atoms with E-state index in [0.717, 1.165) is 25.0 Å². The number of aryl methyl sites for hydroxylation is 2. The molecule has 0 heterocycles. The highest BCUT2D eigenvalue weighted by atomic mass is 16.5. The van der Waals surface area contributed by atoms with E-state index in [1.807, 2.05) is 13.0 Å². The molecule has 0 amide bonds. The largest absolute Gasteiger partial charge is 0.494 e. The van der Waals surface area contributed by atoms with Crippen LogP contribution in [-0.4, -0.2) is 12.4 Å². The summed E-state index contributed by atoms with van der Waals surface area (Å²) in [5.41, 5.74) is 2.55. The number of rotatable bonds is 7. The highest BCUT2D eigenvalue weighted by Crippen LogP contribution is 2.22. The van der Waals surface area contributed by atoms with Crippen molar-refractivity contribution in [3.05, 3.63) is 29.3 Å². The number of ketones is 1. The van der Waals surface area contributed by atoms with Crippen LogP contribution >= 0.6 is 0 Å². The first-order valence-electron chi connectivity index (χ1n) is 6.41. The average molecular weight is 234 g/mol. The molecule has 0 aliphatic heterocycles. The van der Waals surface area contributed by atoms with E-state index in [1.165, 1.54) is 11.1 Å². The van der Waals surface area contributed by atoms with Crippen LogP contribution in [0.25, 0.3) is 0 Å². The van der Waals surface area contributed by atoms with Gasteiger partial charge in [-0.1, -0.05) is 19.1 Å². The summed E-state index contributed by atoms with van der Waals surface area (Å²) in [6.07, 6.45) is 3.51. The lowest BCUT2D eigenvalue weighted by Gasteiger charge is -2.11. The first kappa shape index (κ1) is 13.8. The molecule has 0 spiro atoms. The Bertz CT molecular complexity index is 369. The molecule has 0 fully saturated rings. The van der Waals surface area contributed by atoms with Crippen LogP contribution in [0.5, 0.6) is 5.75 Å². The maximum absolute atomic E-state index is 10.9. The van der Waals surface area contributed by atoms with E-state index in [1.54, 1.807) is 6.92 Å². The summed E-state index contributed by atoms with van der Waals surface area (Å²) in [5.74, 6) is 1.22. The summed E-state index contributed by atoms with van der Waals surface area (Å²) >= 11 is 0. The molecule has 1 rings (SSSR count). The number of hydrogen-bond acceptors (Lipinski definition) is 2. The Balaban J connectivity index is 2.73. The third-order valence-electron chi connectivity index (χ3n) is 2.81. The summed E-state index contributed by atoms with van der Waals surface area (Å²) in [6, 6.07) is 6.36. The summed E-state index contributed by atoms with van der Waals surface area (Å²) < 4.78 is 5.61. The molecule has 2 nitrogen and oxygen atoms in total. The van der Waals surface area contributed by atoms with Crippen LogP contribution < -0.4 is 4.74 Å². The van der Waals surface area contributed by atoms with Gasteiger partial charge in [0.2, 0.25) is 0 Å². The zero-order valence-electron chi connectivity index (χ0n) is 11.1. The summed E-state index contributed by atoms with van der Waals surface area (Å²) in [5, 5.41) is 0. The highest BCUT2D eigenvalue weighted by Gasteiger charge is 2.05. The SMILES string of the molecule is CCOc1ccc(CC)cc1CCCC(C)=O. The molecule has 0 unspecified atom stereocenters. The van der Waals surface area contributed by atoms with Crippen LogP contribution in [0.3, 0.4) is 0 Å². The Morgan fingerprint density at radius 2 is 2.06 bits per heavy atom. The van der Waals surface area contributed by atoms with Gasteiger partial charge in [0, 0.05) is 6.42 Å². The quantitative estimate of drug-likeness (QED) is 0.721. The smallest absolute Gasteiger partial charge is 0.129 e. The first-order chi connectivity index (χ1) is 8.17. The molecule has 1 aromatic rings. The summed E-state index contributed by atoms with van der Waals surface area (Å²) in [4.78, 5) is 10.9. The Morgan fingerprint density at radius 3 is 2.65 bits per heavy atom. The molecule has 0 atom stereocenters. The molecule has 0 aliphatic carbocycles. The number of Topliss-reactive ketones (excluding diaryl/α,β-unsaturated/α-hetero) is 1. The second kappa shape index (κ2) is 7.10. The predicted octanol–water partition coefficient (Wildman–Crippen LogP) is 3.56. The van der Waals surface area contributed by atoms with E-state index in [9.17, 15) is 4.79 Å². The van der Waals surface area contributed by atoms with Gasteiger partial charge in [-0.3, -0.25) is 0 Å². The normalized spacial score (nSPS) is 10.3. The molecule has 17 heavy (non-hydrogen) atoms. The van der Waals surface area contributed by atoms with Crippen molar-refractivity contribution in [1.82, 2.24) is 0 Å². The molecule has 0 N–H and O–H groups in total. The Hall–Kier alpha value is -1.31. The molecule has 0 bridgehead atoms. The fourth-order valence-electron chi connectivity index (χ4n) is 1.87. The van der Waals surface area contributed by atoms with E-state index in [2.05, 4.69) is 19.1 Å². The monoisotopic (exact) mass is 234 g/mol. The summed E-state index contributed by atoms with van der Waals surface area (Å²) in [6.45, 7) is 6.47. The molecule has 2 heteroatoms. The third-order valence-corrected chi connectivity index (χ3v) is 2.81. The lowest BCUT2D eigenvalue weighted by Crippen LogP contribution is -1.99. The molecule has 0 saturated heterocycles. The number of carbonyl (C=O) groups excluding carboxylic acids is 1. The number of carbonyl (C=O) groups is 1. The zero-order chi connectivity index (χ0) is 12.7. The van der Waals surface area contributed by atoms with Crippen LogP contribution in [-0.2, 0) is 17.6 Å². The van der Waals surface area contributed by atoms with Gasteiger partial charge < -0.3 is 9.53 Å². The molecule has 0 saturated carbocycles. The van der Waals surface area contributed by atoms with Crippen molar-refractivity contribution in [3.8, 4) is 5.75 Å². The minimum Gasteiger partial charge on any atom is -0.494 e. The van der Waals surface area contributed by atoms with Crippen molar-refractivity contribution in [2.24, 2.45) is 0 Å². The number of ether oxygens (including phenoxy) is 1. The summed E-state index contributed by atoms with van der Waals surface area (Å²) in [7, 11) is 0.